The van der Waals surface area contributed by atoms with Crippen LogP contribution < -0.4 is 0 Å². The van der Waals surface area contributed by atoms with Gasteiger partial charge in [0, 0.05) is 23.8 Å². The predicted molar refractivity (Wildman–Crippen MR) is 127 cm³/mol. The molecule has 3 atom stereocenters. The summed E-state index contributed by atoms with van der Waals surface area (Å²) in [5.74, 6) is -3.14. The van der Waals surface area contributed by atoms with E-state index in [4.69, 9.17) is 0 Å². The molecule has 176 valence electrons. The number of rotatable bonds is 9. The number of carbonyl (C=O) groups is 3. The number of carbonyl (C=O) groups excluding carboxylic acids is 2. The molecule has 5 nitrogen and oxygen atoms in total. The van der Waals surface area contributed by atoms with E-state index in [9.17, 15) is 19.5 Å². The number of Topliss-reactive ketones (excluding diaryl/α,β-unsaturated/α-hetero) is 1. The number of allylic oxidation sites excluding steroid dienone is 1. The molecule has 1 aromatic rings. The van der Waals surface area contributed by atoms with Crippen molar-refractivity contribution in [2.24, 2.45) is 17.3 Å². The summed E-state index contributed by atoms with van der Waals surface area (Å²) in [7, 11) is 0. The van der Waals surface area contributed by atoms with Gasteiger partial charge in [-0.3, -0.25) is 9.59 Å². The van der Waals surface area contributed by atoms with Crippen LogP contribution in [0.3, 0.4) is 0 Å². The number of aliphatic carboxylic acids is 1. The van der Waals surface area contributed by atoms with E-state index in [0.29, 0.717) is 19.3 Å². The Hall–Kier alpha value is -2.43. The molecule has 1 unspecified atom stereocenters. The fourth-order valence-corrected chi connectivity index (χ4v) is 5.07. The number of benzene rings is 1. The SMILES string of the molecule is CCC=CC1CCCN(C(=O)C(=O)C(C)(C)CC)[C@]1(C(=O)O)[C@@H](c1ccccc1)C(C)C. The Morgan fingerprint density at radius 2 is 1.81 bits per heavy atom. The molecule has 0 radical (unpaired) electrons. The lowest BCUT2D eigenvalue weighted by molar-refractivity contribution is -0.173. The molecular formula is C27H39NO4. The fourth-order valence-electron chi connectivity index (χ4n) is 5.07. The van der Waals surface area contributed by atoms with Gasteiger partial charge in [-0.25, -0.2) is 4.79 Å². The number of amides is 1. The number of carboxylic acid groups (broad SMARTS) is 1. The first-order valence-corrected chi connectivity index (χ1v) is 11.9. The van der Waals surface area contributed by atoms with Crippen LogP contribution in [0.5, 0.6) is 0 Å². The van der Waals surface area contributed by atoms with Crippen molar-refractivity contribution in [1.82, 2.24) is 4.90 Å². The van der Waals surface area contributed by atoms with E-state index in [1.165, 1.54) is 4.90 Å². The molecule has 1 fully saturated rings. The average molecular weight is 442 g/mol. The lowest BCUT2D eigenvalue weighted by Crippen LogP contribution is -2.68. The van der Waals surface area contributed by atoms with Crippen molar-refractivity contribution in [3.05, 3.63) is 48.0 Å². The Labute approximate surface area is 192 Å². The molecule has 1 aliphatic rings. The van der Waals surface area contributed by atoms with Crippen LogP contribution in [-0.2, 0) is 14.4 Å². The Morgan fingerprint density at radius 1 is 1.19 bits per heavy atom. The third kappa shape index (κ3) is 4.67. The first kappa shape index (κ1) is 25.8. The first-order chi connectivity index (χ1) is 15.0. The summed E-state index contributed by atoms with van der Waals surface area (Å²) < 4.78 is 0. The third-order valence-corrected chi connectivity index (χ3v) is 7.09. The zero-order valence-electron chi connectivity index (χ0n) is 20.4. The van der Waals surface area contributed by atoms with Crippen LogP contribution >= 0.6 is 0 Å². The van der Waals surface area contributed by atoms with E-state index >= 15 is 0 Å². The molecule has 1 aromatic carbocycles. The van der Waals surface area contributed by atoms with E-state index in [2.05, 4.69) is 0 Å². The molecule has 1 saturated heterocycles. The number of carboxylic acids is 1. The molecule has 0 saturated carbocycles. The molecule has 0 aromatic heterocycles. The zero-order valence-corrected chi connectivity index (χ0v) is 20.4. The van der Waals surface area contributed by atoms with Gasteiger partial charge in [0.15, 0.2) is 5.54 Å². The minimum atomic E-state index is -1.53. The second-order valence-corrected chi connectivity index (χ2v) is 9.87. The monoisotopic (exact) mass is 441 g/mol. The van der Waals surface area contributed by atoms with E-state index in [0.717, 1.165) is 12.0 Å². The summed E-state index contributed by atoms with van der Waals surface area (Å²) >= 11 is 0. The Bertz CT molecular complexity index is 842. The molecule has 1 amide bonds. The van der Waals surface area contributed by atoms with Crippen molar-refractivity contribution >= 4 is 17.7 Å². The minimum Gasteiger partial charge on any atom is -0.479 e. The highest BCUT2D eigenvalue weighted by molar-refractivity contribution is 6.38. The van der Waals surface area contributed by atoms with Gasteiger partial charge < -0.3 is 10.0 Å². The molecule has 32 heavy (non-hydrogen) atoms. The molecule has 1 aliphatic heterocycles. The topological polar surface area (TPSA) is 74.7 Å². The third-order valence-electron chi connectivity index (χ3n) is 7.09. The maximum atomic E-state index is 13.7. The number of ketones is 1. The van der Waals surface area contributed by atoms with Gasteiger partial charge in [0.25, 0.3) is 5.91 Å². The second kappa shape index (κ2) is 10.5. The average Bonchev–Trinajstić information content (AvgIpc) is 2.77. The maximum Gasteiger partial charge on any atom is 0.330 e. The van der Waals surface area contributed by atoms with Crippen LogP contribution in [0.15, 0.2) is 42.5 Å². The second-order valence-electron chi connectivity index (χ2n) is 9.87. The van der Waals surface area contributed by atoms with E-state index in [1.54, 1.807) is 13.8 Å². The lowest BCUT2D eigenvalue weighted by Gasteiger charge is -2.53. The van der Waals surface area contributed by atoms with Crippen molar-refractivity contribution in [2.45, 2.75) is 78.7 Å². The molecule has 0 spiro atoms. The van der Waals surface area contributed by atoms with Crippen LogP contribution in [0.25, 0.3) is 0 Å². The molecule has 0 bridgehead atoms. The van der Waals surface area contributed by atoms with Crippen molar-refractivity contribution < 1.29 is 19.5 Å². The van der Waals surface area contributed by atoms with Gasteiger partial charge in [-0.1, -0.05) is 84.0 Å². The zero-order chi connectivity index (χ0) is 24.1. The summed E-state index contributed by atoms with van der Waals surface area (Å²) in [5, 5.41) is 10.9. The van der Waals surface area contributed by atoms with Crippen molar-refractivity contribution in [2.75, 3.05) is 6.54 Å². The number of likely N-dealkylation sites (tertiary alicyclic amines) is 1. The van der Waals surface area contributed by atoms with Crippen molar-refractivity contribution in [1.29, 1.82) is 0 Å². The van der Waals surface area contributed by atoms with Crippen LogP contribution in [0.4, 0.5) is 0 Å². The highest BCUT2D eigenvalue weighted by Gasteiger charge is 2.60. The molecular weight excluding hydrogens is 402 g/mol. The van der Waals surface area contributed by atoms with Crippen LogP contribution in [-0.4, -0.2) is 39.7 Å². The Morgan fingerprint density at radius 3 is 2.31 bits per heavy atom. The number of nitrogens with zero attached hydrogens (tertiary/aromatic N) is 1. The van der Waals surface area contributed by atoms with Gasteiger partial charge in [0.1, 0.15) is 0 Å². The minimum absolute atomic E-state index is 0.0614. The van der Waals surface area contributed by atoms with Crippen molar-refractivity contribution in [3.63, 3.8) is 0 Å². The Kier molecular flexibility index (Phi) is 8.44. The number of hydrogen-bond donors (Lipinski definition) is 1. The van der Waals surface area contributed by atoms with Gasteiger partial charge in [0.2, 0.25) is 5.78 Å². The van der Waals surface area contributed by atoms with Crippen LogP contribution in [0.1, 0.15) is 78.7 Å². The molecule has 5 heteroatoms. The van der Waals surface area contributed by atoms with E-state index in [-0.39, 0.29) is 18.4 Å². The van der Waals surface area contributed by atoms with Gasteiger partial charge in [0.05, 0.1) is 0 Å². The molecule has 2 rings (SSSR count). The summed E-state index contributed by atoms with van der Waals surface area (Å²) in [6.07, 6.45) is 6.56. The predicted octanol–water partition coefficient (Wildman–Crippen LogP) is 5.46. The van der Waals surface area contributed by atoms with E-state index in [1.807, 2.05) is 70.2 Å². The van der Waals surface area contributed by atoms with Gasteiger partial charge >= 0.3 is 5.97 Å². The van der Waals surface area contributed by atoms with Gasteiger partial charge in [-0.2, -0.15) is 0 Å². The van der Waals surface area contributed by atoms with Crippen molar-refractivity contribution in [3.8, 4) is 0 Å². The standard InChI is InChI=1S/C27H39NO4/c1-7-9-16-21-17-13-18-28(24(30)23(29)26(5,6)8-2)27(21,25(31)32)22(19(3)4)20-14-11-10-12-15-20/h9-12,14-16,19,21-22H,7-8,13,17-18H2,1-6H3,(H,31,32)/t21?,22-,27+/m1/s1. The molecule has 0 aliphatic carbocycles. The summed E-state index contributed by atoms with van der Waals surface area (Å²) in [6, 6.07) is 9.57. The largest absolute Gasteiger partial charge is 0.479 e. The lowest BCUT2D eigenvalue weighted by atomic mass is 9.62. The summed E-state index contributed by atoms with van der Waals surface area (Å²) in [4.78, 5) is 41.6. The quantitative estimate of drug-likeness (QED) is 0.408. The maximum absolute atomic E-state index is 13.7. The van der Waals surface area contributed by atoms with Crippen LogP contribution in [0, 0.1) is 17.3 Å². The molecule has 1 N–H and O–H groups in total. The number of hydrogen-bond acceptors (Lipinski definition) is 3. The Balaban J connectivity index is 2.80. The summed E-state index contributed by atoms with van der Waals surface area (Å²) in [5.41, 5.74) is -1.49. The van der Waals surface area contributed by atoms with E-state index < -0.39 is 34.5 Å². The summed E-state index contributed by atoms with van der Waals surface area (Å²) in [6.45, 7) is 11.7. The van der Waals surface area contributed by atoms with Gasteiger partial charge in [-0.15, -0.1) is 0 Å². The highest BCUT2D eigenvalue weighted by Crippen LogP contribution is 2.49. The number of piperidine rings is 1. The molecule has 1 heterocycles. The van der Waals surface area contributed by atoms with Crippen LogP contribution in [0.2, 0.25) is 0 Å². The fraction of sp³-hybridized carbons (Fsp3) is 0.593. The normalized spacial score (nSPS) is 22.8. The first-order valence-electron chi connectivity index (χ1n) is 11.9. The van der Waals surface area contributed by atoms with Gasteiger partial charge in [-0.05, 0) is 37.2 Å². The highest BCUT2D eigenvalue weighted by atomic mass is 16.4. The smallest absolute Gasteiger partial charge is 0.330 e.